The fourth-order valence-corrected chi connectivity index (χ4v) is 2.55. The Labute approximate surface area is 119 Å². The second-order valence-corrected chi connectivity index (χ2v) is 5.48. The Balaban J connectivity index is 2.35. The zero-order chi connectivity index (χ0) is 14.7. The van der Waals surface area contributed by atoms with Crippen LogP contribution in [0.15, 0.2) is 40.5 Å². The molecule has 0 fully saturated rings. The normalized spacial score (nSPS) is 24.4. The molecule has 106 valence electrons. The summed E-state index contributed by atoms with van der Waals surface area (Å²) in [5.41, 5.74) is 2.29. The van der Waals surface area contributed by atoms with Crippen LogP contribution in [0.4, 0.5) is 0 Å². The first-order valence-electron chi connectivity index (χ1n) is 6.93. The van der Waals surface area contributed by atoms with E-state index in [2.05, 4.69) is 43.1 Å². The van der Waals surface area contributed by atoms with Crippen LogP contribution in [0, 0.1) is 11.8 Å². The number of rotatable bonds is 3. The van der Waals surface area contributed by atoms with E-state index in [-0.39, 0.29) is 23.5 Å². The van der Waals surface area contributed by atoms with Crippen LogP contribution in [0.1, 0.15) is 38.7 Å². The van der Waals surface area contributed by atoms with Gasteiger partial charge in [-0.15, -0.1) is 5.10 Å². The number of aliphatic carboxylic acids is 1. The summed E-state index contributed by atoms with van der Waals surface area (Å²) in [7, 11) is 0. The van der Waals surface area contributed by atoms with Gasteiger partial charge in [0.2, 0.25) is 0 Å². The van der Waals surface area contributed by atoms with Crippen LogP contribution in [0.25, 0.3) is 0 Å². The number of carboxylic acids is 1. The average Bonchev–Trinajstić information content (AvgIpc) is 2.59. The first kappa shape index (κ1) is 14.4. The average molecular weight is 272 g/mol. The Morgan fingerprint density at radius 2 is 1.90 bits per heavy atom. The standard InChI is InChI=1S/C16H20N2O2/c1-10-9-14(16(19)20)17-18-15(11(10)2)12(3)13-7-5-4-6-8-13/h4-8,10-12H,9H2,1-3H3,(H,19,20). The molecule has 0 aliphatic carbocycles. The van der Waals surface area contributed by atoms with Gasteiger partial charge in [-0.1, -0.05) is 51.1 Å². The van der Waals surface area contributed by atoms with Crippen molar-refractivity contribution in [2.45, 2.75) is 33.1 Å². The second-order valence-electron chi connectivity index (χ2n) is 5.48. The first-order chi connectivity index (χ1) is 9.50. The molecule has 0 amide bonds. The van der Waals surface area contributed by atoms with Gasteiger partial charge in [0.1, 0.15) is 5.71 Å². The van der Waals surface area contributed by atoms with Gasteiger partial charge in [0, 0.05) is 12.3 Å². The van der Waals surface area contributed by atoms with Crippen LogP contribution in [0.5, 0.6) is 0 Å². The lowest BCUT2D eigenvalue weighted by atomic mass is 9.81. The van der Waals surface area contributed by atoms with E-state index < -0.39 is 5.97 Å². The molecule has 0 radical (unpaired) electrons. The van der Waals surface area contributed by atoms with Crippen molar-refractivity contribution in [3.05, 3.63) is 35.9 Å². The molecule has 0 aromatic heterocycles. The number of benzene rings is 1. The van der Waals surface area contributed by atoms with Crippen LogP contribution in [0.2, 0.25) is 0 Å². The molecule has 3 atom stereocenters. The molecular weight excluding hydrogens is 252 g/mol. The van der Waals surface area contributed by atoms with Crippen molar-refractivity contribution in [3.8, 4) is 0 Å². The molecule has 1 heterocycles. The van der Waals surface area contributed by atoms with Gasteiger partial charge < -0.3 is 5.11 Å². The number of carboxylic acid groups (broad SMARTS) is 1. The van der Waals surface area contributed by atoms with Gasteiger partial charge in [-0.2, -0.15) is 5.10 Å². The molecule has 1 aliphatic heterocycles. The van der Waals surface area contributed by atoms with Crippen molar-refractivity contribution in [3.63, 3.8) is 0 Å². The number of hydrogen-bond donors (Lipinski definition) is 1. The molecular formula is C16H20N2O2. The topological polar surface area (TPSA) is 62.0 Å². The highest BCUT2D eigenvalue weighted by Crippen LogP contribution is 2.29. The van der Waals surface area contributed by atoms with Crippen LogP contribution < -0.4 is 0 Å². The minimum Gasteiger partial charge on any atom is -0.477 e. The van der Waals surface area contributed by atoms with Gasteiger partial charge in [-0.3, -0.25) is 0 Å². The summed E-state index contributed by atoms with van der Waals surface area (Å²) in [6.45, 7) is 6.25. The van der Waals surface area contributed by atoms with Crippen molar-refractivity contribution in [2.75, 3.05) is 0 Å². The van der Waals surface area contributed by atoms with Crippen LogP contribution in [0.3, 0.4) is 0 Å². The predicted molar refractivity (Wildman–Crippen MR) is 80.3 cm³/mol. The maximum Gasteiger partial charge on any atom is 0.352 e. The molecule has 0 bridgehead atoms. The fourth-order valence-electron chi connectivity index (χ4n) is 2.55. The zero-order valence-electron chi connectivity index (χ0n) is 12.1. The maximum absolute atomic E-state index is 11.1. The van der Waals surface area contributed by atoms with Gasteiger partial charge in [0.25, 0.3) is 0 Å². The molecule has 1 aromatic carbocycles. The van der Waals surface area contributed by atoms with Gasteiger partial charge in [-0.25, -0.2) is 4.79 Å². The summed E-state index contributed by atoms with van der Waals surface area (Å²) in [6, 6.07) is 10.1. The molecule has 1 aliphatic rings. The van der Waals surface area contributed by atoms with Gasteiger partial charge >= 0.3 is 5.97 Å². The Morgan fingerprint density at radius 3 is 2.50 bits per heavy atom. The highest BCUT2D eigenvalue weighted by molar-refractivity contribution is 6.35. The molecule has 1 N–H and O–H groups in total. The van der Waals surface area contributed by atoms with Crippen molar-refractivity contribution < 1.29 is 9.90 Å². The lowest BCUT2D eigenvalue weighted by Gasteiger charge is -2.23. The Kier molecular flexibility index (Phi) is 4.32. The summed E-state index contributed by atoms with van der Waals surface area (Å²) >= 11 is 0. The van der Waals surface area contributed by atoms with E-state index >= 15 is 0 Å². The van der Waals surface area contributed by atoms with Gasteiger partial charge in [0.15, 0.2) is 0 Å². The third-order valence-electron chi connectivity index (χ3n) is 4.11. The third kappa shape index (κ3) is 2.95. The smallest absolute Gasteiger partial charge is 0.352 e. The van der Waals surface area contributed by atoms with Crippen LogP contribution in [-0.2, 0) is 4.79 Å². The molecule has 2 rings (SSSR count). The Hall–Kier alpha value is -1.97. The molecule has 0 saturated heterocycles. The van der Waals surface area contributed by atoms with Crippen molar-refractivity contribution in [1.29, 1.82) is 0 Å². The highest BCUT2D eigenvalue weighted by Gasteiger charge is 2.29. The summed E-state index contributed by atoms with van der Waals surface area (Å²) in [4.78, 5) is 11.1. The first-order valence-corrected chi connectivity index (χ1v) is 6.93. The van der Waals surface area contributed by atoms with Crippen molar-refractivity contribution in [1.82, 2.24) is 0 Å². The van der Waals surface area contributed by atoms with E-state index in [1.54, 1.807) is 0 Å². The SMILES string of the molecule is CC(C1=NN=C(C(=O)O)CC(C)C1C)c1ccccc1. The monoisotopic (exact) mass is 272 g/mol. The molecule has 20 heavy (non-hydrogen) atoms. The largest absolute Gasteiger partial charge is 0.477 e. The predicted octanol–water partition coefficient (Wildman–Crippen LogP) is 3.35. The molecule has 1 aromatic rings. The Morgan fingerprint density at radius 1 is 1.25 bits per heavy atom. The molecule has 4 heteroatoms. The minimum absolute atomic E-state index is 0.144. The third-order valence-corrected chi connectivity index (χ3v) is 4.11. The fraction of sp³-hybridized carbons (Fsp3) is 0.438. The second kappa shape index (κ2) is 5.99. The van der Waals surface area contributed by atoms with Crippen molar-refractivity contribution in [2.24, 2.45) is 22.0 Å². The summed E-state index contributed by atoms with van der Waals surface area (Å²) < 4.78 is 0. The van der Waals surface area contributed by atoms with Crippen LogP contribution in [-0.4, -0.2) is 22.5 Å². The van der Waals surface area contributed by atoms with E-state index in [4.69, 9.17) is 5.11 Å². The molecule has 0 saturated carbocycles. The molecule has 0 spiro atoms. The van der Waals surface area contributed by atoms with E-state index in [0.29, 0.717) is 6.42 Å². The van der Waals surface area contributed by atoms with E-state index in [1.807, 2.05) is 18.2 Å². The van der Waals surface area contributed by atoms with E-state index in [1.165, 1.54) is 5.56 Å². The molecule has 3 unspecified atom stereocenters. The van der Waals surface area contributed by atoms with Crippen LogP contribution >= 0.6 is 0 Å². The number of nitrogens with zero attached hydrogens (tertiary/aromatic N) is 2. The van der Waals surface area contributed by atoms with Gasteiger partial charge in [-0.05, 0) is 17.4 Å². The maximum atomic E-state index is 11.1. The summed E-state index contributed by atoms with van der Waals surface area (Å²) in [6.07, 6.45) is 0.463. The summed E-state index contributed by atoms with van der Waals surface area (Å²) in [5, 5.41) is 17.3. The number of hydrogen-bond acceptors (Lipinski definition) is 3. The quantitative estimate of drug-likeness (QED) is 0.917. The van der Waals surface area contributed by atoms with E-state index in [0.717, 1.165) is 5.71 Å². The highest BCUT2D eigenvalue weighted by atomic mass is 16.4. The lowest BCUT2D eigenvalue weighted by molar-refractivity contribution is -0.129. The zero-order valence-corrected chi connectivity index (χ0v) is 12.1. The minimum atomic E-state index is -0.971. The van der Waals surface area contributed by atoms with Gasteiger partial charge in [0.05, 0.1) is 5.71 Å². The van der Waals surface area contributed by atoms with E-state index in [9.17, 15) is 4.79 Å². The molecule has 4 nitrogen and oxygen atoms in total. The number of carbonyl (C=O) groups is 1. The lowest BCUT2D eigenvalue weighted by Crippen LogP contribution is -2.25. The van der Waals surface area contributed by atoms with Crippen molar-refractivity contribution >= 4 is 17.4 Å². The summed E-state index contributed by atoms with van der Waals surface area (Å²) in [5.74, 6) is -0.393. The Bertz CT molecular complexity index is 549.